The van der Waals surface area contributed by atoms with Crippen LogP contribution in [-0.4, -0.2) is 10.2 Å². The topological polar surface area (TPSA) is 40.5 Å². The summed E-state index contributed by atoms with van der Waals surface area (Å²) >= 11 is 0. The predicted octanol–water partition coefficient (Wildman–Crippen LogP) is 4.63. The summed E-state index contributed by atoms with van der Waals surface area (Å²) in [5.74, 6) is 0.861. The molecule has 0 unspecified atom stereocenters. The van der Waals surface area contributed by atoms with Crippen molar-refractivity contribution in [3.8, 4) is 11.5 Å². The van der Waals surface area contributed by atoms with E-state index in [1.54, 1.807) is 0 Å². The summed E-state index contributed by atoms with van der Waals surface area (Å²) < 4.78 is 0. The van der Waals surface area contributed by atoms with Crippen molar-refractivity contribution in [1.82, 2.24) is 0 Å². The maximum Gasteiger partial charge on any atom is 0.121 e. The van der Waals surface area contributed by atoms with Gasteiger partial charge < -0.3 is 10.2 Å². The van der Waals surface area contributed by atoms with Gasteiger partial charge in [-0.2, -0.15) is 0 Å². The van der Waals surface area contributed by atoms with Crippen molar-refractivity contribution >= 4 is 0 Å². The Bertz CT molecular complexity index is 510. The molecule has 0 amide bonds. The second-order valence-corrected chi connectivity index (χ2v) is 5.35. The van der Waals surface area contributed by atoms with Crippen molar-refractivity contribution in [3.05, 3.63) is 57.6 Å². The minimum Gasteiger partial charge on any atom is -0.507 e. The van der Waals surface area contributed by atoms with Crippen LogP contribution in [0.25, 0.3) is 0 Å². The van der Waals surface area contributed by atoms with E-state index < -0.39 is 0 Å². The first-order valence-corrected chi connectivity index (χ1v) is 6.77. The Morgan fingerprint density at radius 2 is 0.762 bits per heavy atom. The minimum atomic E-state index is 0. The first-order valence-electron chi connectivity index (χ1n) is 6.77. The predicted molar refractivity (Wildman–Crippen MR) is 84.6 cm³/mol. The molecule has 0 bridgehead atoms. The molecule has 2 aromatic rings. The summed E-state index contributed by atoms with van der Waals surface area (Å²) in [6.45, 7) is 11.7. The largest absolute Gasteiger partial charge is 0.507 e. The van der Waals surface area contributed by atoms with Gasteiger partial charge >= 0.3 is 0 Å². The zero-order valence-corrected chi connectivity index (χ0v) is 16.2. The number of hydrogen-bond donors (Lipinski definition) is 2. The van der Waals surface area contributed by atoms with Gasteiger partial charge in [-0.1, -0.05) is 24.3 Å². The van der Waals surface area contributed by atoms with Crippen LogP contribution in [0.4, 0.5) is 0 Å². The van der Waals surface area contributed by atoms with Crippen LogP contribution in [-0.2, 0) is 26.2 Å². The van der Waals surface area contributed by atoms with E-state index in [2.05, 4.69) is 0 Å². The van der Waals surface area contributed by atoms with E-state index in [4.69, 9.17) is 0 Å². The quantitative estimate of drug-likeness (QED) is 0.716. The summed E-state index contributed by atoms with van der Waals surface area (Å²) in [6.07, 6.45) is 0. The normalized spacial score (nSPS) is 9.43. The van der Waals surface area contributed by atoms with E-state index in [0.29, 0.717) is 11.5 Å². The molecule has 0 spiro atoms. The van der Waals surface area contributed by atoms with Gasteiger partial charge in [0.25, 0.3) is 0 Å². The molecule has 0 saturated heterocycles. The van der Waals surface area contributed by atoms with Crippen LogP contribution in [0.15, 0.2) is 24.3 Å². The van der Waals surface area contributed by atoms with Crippen molar-refractivity contribution in [2.75, 3.05) is 0 Å². The van der Waals surface area contributed by atoms with Crippen molar-refractivity contribution in [1.29, 1.82) is 0 Å². The summed E-state index contributed by atoms with van der Waals surface area (Å²) in [6, 6.07) is 7.89. The molecule has 0 saturated carbocycles. The van der Waals surface area contributed by atoms with Crippen LogP contribution in [0.3, 0.4) is 0 Å². The third kappa shape index (κ3) is 5.00. The van der Waals surface area contributed by atoms with Gasteiger partial charge in [0.15, 0.2) is 0 Å². The molecule has 2 N–H and O–H groups in total. The minimum absolute atomic E-state index is 0. The molecular formula is C18H24O2Zr. The third-order valence-corrected chi connectivity index (χ3v) is 3.81. The van der Waals surface area contributed by atoms with E-state index >= 15 is 0 Å². The molecule has 0 aliphatic rings. The number of benzene rings is 2. The van der Waals surface area contributed by atoms with Crippen molar-refractivity contribution in [3.63, 3.8) is 0 Å². The van der Waals surface area contributed by atoms with E-state index in [1.807, 2.05) is 65.8 Å². The molecule has 112 valence electrons. The molecule has 0 aromatic heterocycles. The van der Waals surface area contributed by atoms with Crippen LogP contribution in [0, 0.1) is 41.5 Å². The zero-order chi connectivity index (χ0) is 15.4. The number of phenolic OH excluding ortho intramolecular Hbond substituents is 2. The van der Waals surface area contributed by atoms with Gasteiger partial charge in [0.05, 0.1) is 0 Å². The van der Waals surface area contributed by atoms with Crippen molar-refractivity contribution < 1.29 is 36.4 Å². The molecule has 0 atom stereocenters. The molecule has 3 heteroatoms. The van der Waals surface area contributed by atoms with E-state index in [-0.39, 0.29) is 26.2 Å². The third-order valence-electron chi connectivity index (χ3n) is 3.81. The van der Waals surface area contributed by atoms with E-state index in [9.17, 15) is 10.2 Å². The first-order chi connectivity index (χ1) is 9.25. The fourth-order valence-corrected chi connectivity index (χ4v) is 1.87. The molecule has 2 nitrogen and oxygen atoms in total. The fourth-order valence-electron chi connectivity index (χ4n) is 1.87. The van der Waals surface area contributed by atoms with Crippen LogP contribution < -0.4 is 0 Å². The molecule has 21 heavy (non-hydrogen) atoms. The van der Waals surface area contributed by atoms with Gasteiger partial charge in [-0.15, -0.1) is 0 Å². The SMILES string of the molecule is Cc1ccc(C)c(O)c1C.Cc1ccc(C)c(O)c1C.[Zr]. The molecular weight excluding hydrogens is 339 g/mol. The molecule has 0 aliphatic heterocycles. The Kier molecular flexibility index (Phi) is 7.96. The van der Waals surface area contributed by atoms with Crippen molar-refractivity contribution in [2.24, 2.45) is 0 Å². The number of aromatic hydroxyl groups is 2. The summed E-state index contributed by atoms with van der Waals surface area (Å²) in [5.41, 5.74) is 6.15. The maximum absolute atomic E-state index is 9.39. The number of hydrogen-bond acceptors (Lipinski definition) is 2. The van der Waals surface area contributed by atoms with E-state index in [0.717, 1.165) is 33.4 Å². The molecule has 0 radical (unpaired) electrons. The molecule has 0 aliphatic carbocycles. The van der Waals surface area contributed by atoms with Gasteiger partial charge in [0, 0.05) is 26.2 Å². The summed E-state index contributed by atoms with van der Waals surface area (Å²) in [5, 5.41) is 18.8. The summed E-state index contributed by atoms with van der Waals surface area (Å²) in [7, 11) is 0. The Hall–Kier alpha value is -1.08. The average Bonchev–Trinajstić information content (AvgIpc) is 2.43. The number of rotatable bonds is 0. The van der Waals surface area contributed by atoms with Gasteiger partial charge in [0.2, 0.25) is 0 Å². The Morgan fingerprint density at radius 3 is 1.00 bits per heavy atom. The Balaban J connectivity index is 0.000000364. The smallest absolute Gasteiger partial charge is 0.121 e. The monoisotopic (exact) mass is 362 g/mol. The average molecular weight is 364 g/mol. The van der Waals surface area contributed by atoms with Crippen LogP contribution in [0.1, 0.15) is 33.4 Å². The van der Waals surface area contributed by atoms with Crippen molar-refractivity contribution in [2.45, 2.75) is 41.5 Å². The van der Waals surface area contributed by atoms with Gasteiger partial charge in [0.1, 0.15) is 11.5 Å². The zero-order valence-electron chi connectivity index (χ0n) is 13.7. The Labute approximate surface area is 147 Å². The van der Waals surface area contributed by atoms with Crippen LogP contribution in [0.2, 0.25) is 0 Å². The molecule has 2 rings (SSSR count). The van der Waals surface area contributed by atoms with Gasteiger partial charge in [-0.05, 0) is 74.9 Å². The second kappa shape index (κ2) is 8.39. The maximum atomic E-state index is 9.39. The number of aryl methyl sites for hydroxylation is 4. The first kappa shape index (κ1) is 19.9. The van der Waals surface area contributed by atoms with Crippen LogP contribution >= 0.6 is 0 Å². The van der Waals surface area contributed by atoms with Crippen LogP contribution in [0.5, 0.6) is 11.5 Å². The molecule has 2 aromatic carbocycles. The summed E-state index contributed by atoms with van der Waals surface area (Å²) in [4.78, 5) is 0. The molecule has 0 heterocycles. The van der Waals surface area contributed by atoms with Gasteiger partial charge in [-0.3, -0.25) is 0 Å². The van der Waals surface area contributed by atoms with Gasteiger partial charge in [-0.25, -0.2) is 0 Å². The second-order valence-electron chi connectivity index (χ2n) is 5.35. The van der Waals surface area contributed by atoms with E-state index in [1.165, 1.54) is 0 Å². The fraction of sp³-hybridized carbons (Fsp3) is 0.333. The standard InChI is InChI=1S/2C9H12O.Zr/c2*1-6-4-5-7(2)9(10)8(6)3;/h2*4-5,10H,1-3H3;. The Morgan fingerprint density at radius 1 is 0.524 bits per heavy atom. The number of phenols is 2. The molecule has 0 fully saturated rings.